The number of nitrogens with zero attached hydrogens (tertiary/aromatic N) is 1. The first-order chi connectivity index (χ1) is 10.9. The first-order valence-electron chi connectivity index (χ1n) is 7.94. The largest absolute Gasteiger partial charge is 0.378 e. The molecule has 6 heteroatoms. The highest BCUT2D eigenvalue weighted by molar-refractivity contribution is 5.98. The van der Waals surface area contributed by atoms with Gasteiger partial charge in [0.05, 0.1) is 19.1 Å². The van der Waals surface area contributed by atoms with Crippen molar-refractivity contribution in [2.24, 2.45) is 11.7 Å². The third-order valence-corrected chi connectivity index (χ3v) is 4.24. The molecule has 1 aliphatic heterocycles. The quantitative estimate of drug-likeness (QED) is 0.878. The van der Waals surface area contributed by atoms with E-state index < -0.39 is 0 Å². The fraction of sp³-hybridized carbons (Fsp3) is 0.529. The van der Waals surface area contributed by atoms with Crippen LogP contribution in [0.2, 0.25) is 0 Å². The molecule has 1 aliphatic rings. The minimum atomic E-state index is -0.298. The molecule has 23 heavy (non-hydrogen) atoms. The molecule has 1 heterocycles. The molecule has 2 amide bonds. The molecule has 126 valence electrons. The Morgan fingerprint density at radius 1 is 1.26 bits per heavy atom. The summed E-state index contributed by atoms with van der Waals surface area (Å²) in [5.74, 6) is -0.476. The van der Waals surface area contributed by atoms with Crippen molar-refractivity contribution in [3.8, 4) is 0 Å². The van der Waals surface area contributed by atoms with E-state index in [1.54, 1.807) is 30.9 Å². The Morgan fingerprint density at radius 2 is 1.91 bits per heavy atom. The van der Waals surface area contributed by atoms with Crippen molar-refractivity contribution in [3.05, 3.63) is 29.3 Å². The van der Waals surface area contributed by atoms with Gasteiger partial charge in [0, 0.05) is 30.4 Å². The molecule has 0 saturated carbocycles. The van der Waals surface area contributed by atoms with Gasteiger partial charge in [-0.25, -0.2) is 0 Å². The van der Waals surface area contributed by atoms with Crippen molar-refractivity contribution < 1.29 is 14.3 Å². The number of benzene rings is 1. The SMILES string of the molecule is Cc1ccc(C(=O)N2CCOCC2)cc1NC(=O)C(C)C(C)N. The predicted molar refractivity (Wildman–Crippen MR) is 89.3 cm³/mol. The number of anilines is 1. The summed E-state index contributed by atoms with van der Waals surface area (Å²) in [6, 6.07) is 5.14. The summed E-state index contributed by atoms with van der Waals surface area (Å²) in [6.07, 6.45) is 0. The minimum absolute atomic E-state index is 0.0379. The molecular formula is C17H25N3O3. The summed E-state index contributed by atoms with van der Waals surface area (Å²) in [5, 5.41) is 2.88. The molecule has 0 spiro atoms. The number of rotatable bonds is 4. The van der Waals surface area contributed by atoms with Gasteiger partial charge in [-0.2, -0.15) is 0 Å². The Hall–Kier alpha value is -1.92. The van der Waals surface area contributed by atoms with Crippen molar-refractivity contribution in [1.82, 2.24) is 4.90 Å². The Balaban J connectivity index is 2.15. The molecule has 1 aromatic rings. The number of carbonyl (C=O) groups excluding carboxylic acids is 2. The molecule has 1 aromatic carbocycles. The second kappa shape index (κ2) is 7.57. The zero-order chi connectivity index (χ0) is 17.0. The van der Waals surface area contributed by atoms with Gasteiger partial charge in [0.1, 0.15) is 0 Å². The smallest absolute Gasteiger partial charge is 0.254 e. The molecule has 3 N–H and O–H groups in total. The highest BCUT2D eigenvalue weighted by Gasteiger charge is 2.21. The molecular weight excluding hydrogens is 294 g/mol. The van der Waals surface area contributed by atoms with Gasteiger partial charge in [-0.15, -0.1) is 0 Å². The summed E-state index contributed by atoms with van der Waals surface area (Å²) < 4.78 is 5.27. The number of morpholine rings is 1. The Bertz CT molecular complexity index is 580. The number of nitrogens with two attached hydrogens (primary N) is 1. The monoisotopic (exact) mass is 319 g/mol. The van der Waals surface area contributed by atoms with Crippen LogP contribution in [-0.4, -0.2) is 49.1 Å². The van der Waals surface area contributed by atoms with E-state index in [0.29, 0.717) is 37.6 Å². The van der Waals surface area contributed by atoms with E-state index >= 15 is 0 Å². The topological polar surface area (TPSA) is 84.7 Å². The molecule has 1 fully saturated rings. The fourth-order valence-corrected chi connectivity index (χ4v) is 2.32. The molecule has 2 rings (SSSR count). The van der Waals surface area contributed by atoms with Gasteiger partial charge in [0.25, 0.3) is 5.91 Å². The zero-order valence-corrected chi connectivity index (χ0v) is 14.0. The van der Waals surface area contributed by atoms with Crippen LogP contribution in [0.25, 0.3) is 0 Å². The van der Waals surface area contributed by atoms with E-state index in [9.17, 15) is 9.59 Å². The molecule has 2 atom stereocenters. The molecule has 6 nitrogen and oxygen atoms in total. The van der Waals surface area contributed by atoms with Crippen LogP contribution >= 0.6 is 0 Å². The van der Waals surface area contributed by atoms with Crippen LogP contribution in [0.3, 0.4) is 0 Å². The molecule has 0 bridgehead atoms. The highest BCUT2D eigenvalue weighted by atomic mass is 16.5. The number of carbonyl (C=O) groups is 2. The van der Waals surface area contributed by atoms with Gasteiger partial charge >= 0.3 is 0 Å². The third kappa shape index (κ3) is 4.30. The Labute approximate surface area is 137 Å². The lowest BCUT2D eigenvalue weighted by Gasteiger charge is -2.27. The van der Waals surface area contributed by atoms with Crippen molar-refractivity contribution in [1.29, 1.82) is 0 Å². The van der Waals surface area contributed by atoms with Crippen molar-refractivity contribution in [3.63, 3.8) is 0 Å². The number of hydrogen-bond donors (Lipinski definition) is 2. The number of nitrogens with one attached hydrogen (secondary N) is 1. The molecule has 0 aliphatic carbocycles. The standard InChI is InChI=1S/C17H25N3O3/c1-11-4-5-14(17(22)20-6-8-23-9-7-20)10-15(11)19-16(21)12(2)13(3)18/h4-5,10,12-13H,6-9,18H2,1-3H3,(H,19,21). The van der Waals surface area contributed by atoms with Crippen LogP contribution in [0.15, 0.2) is 18.2 Å². The van der Waals surface area contributed by atoms with Crippen LogP contribution in [0.5, 0.6) is 0 Å². The maximum Gasteiger partial charge on any atom is 0.254 e. The van der Waals surface area contributed by atoms with Gasteiger partial charge in [-0.05, 0) is 31.5 Å². The Morgan fingerprint density at radius 3 is 2.52 bits per heavy atom. The fourth-order valence-electron chi connectivity index (χ4n) is 2.32. The second-order valence-electron chi connectivity index (χ2n) is 6.07. The van der Waals surface area contributed by atoms with Gasteiger partial charge in [-0.1, -0.05) is 13.0 Å². The van der Waals surface area contributed by atoms with Gasteiger partial charge in [0.2, 0.25) is 5.91 Å². The summed E-state index contributed by atoms with van der Waals surface area (Å²) in [6.45, 7) is 7.80. The maximum atomic E-state index is 12.5. The molecule has 1 saturated heterocycles. The number of hydrogen-bond acceptors (Lipinski definition) is 4. The van der Waals surface area contributed by atoms with Crippen LogP contribution in [0, 0.1) is 12.8 Å². The second-order valence-corrected chi connectivity index (χ2v) is 6.07. The lowest BCUT2D eigenvalue weighted by molar-refractivity contribution is -0.119. The summed E-state index contributed by atoms with van der Waals surface area (Å²) >= 11 is 0. The summed E-state index contributed by atoms with van der Waals surface area (Å²) in [4.78, 5) is 26.5. The van der Waals surface area contributed by atoms with Crippen LogP contribution in [-0.2, 0) is 9.53 Å². The number of ether oxygens (including phenoxy) is 1. The van der Waals surface area contributed by atoms with Crippen LogP contribution in [0.4, 0.5) is 5.69 Å². The van der Waals surface area contributed by atoms with Crippen molar-refractivity contribution in [2.45, 2.75) is 26.8 Å². The number of aryl methyl sites for hydroxylation is 1. The van der Waals surface area contributed by atoms with E-state index in [-0.39, 0.29) is 23.8 Å². The third-order valence-electron chi connectivity index (χ3n) is 4.24. The summed E-state index contributed by atoms with van der Waals surface area (Å²) in [5.41, 5.74) is 7.91. The average molecular weight is 319 g/mol. The van der Waals surface area contributed by atoms with Gasteiger partial charge in [0.15, 0.2) is 0 Å². The Kier molecular flexibility index (Phi) is 5.74. The van der Waals surface area contributed by atoms with E-state index in [2.05, 4.69) is 5.32 Å². The van der Waals surface area contributed by atoms with E-state index in [1.165, 1.54) is 0 Å². The average Bonchev–Trinajstić information content (AvgIpc) is 2.56. The van der Waals surface area contributed by atoms with Crippen LogP contribution in [0.1, 0.15) is 29.8 Å². The first kappa shape index (κ1) is 17.4. The van der Waals surface area contributed by atoms with Gasteiger partial charge in [-0.3, -0.25) is 9.59 Å². The molecule has 0 aromatic heterocycles. The lowest BCUT2D eigenvalue weighted by Crippen LogP contribution is -2.40. The lowest BCUT2D eigenvalue weighted by atomic mass is 10.0. The summed E-state index contributed by atoms with van der Waals surface area (Å²) in [7, 11) is 0. The normalized spacial score (nSPS) is 17.5. The van der Waals surface area contributed by atoms with E-state index in [4.69, 9.17) is 10.5 Å². The highest BCUT2D eigenvalue weighted by Crippen LogP contribution is 2.20. The maximum absolute atomic E-state index is 12.5. The van der Waals surface area contributed by atoms with Crippen molar-refractivity contribution in [2.75, 3.05) is 31.6 Å². The van der Waals surface area contributed by atoms with E-state index in [1.807, 2.05) is 13.0 Å². The number of amides is 2. The molecule has 0 radical (unpaired) electrons. The minimum Gasteiger partial charge on any atom is -0.378 e. The zero-order valence-electron chi connectivity index (χ0n) is 14.0. The van der Waals surface area contributed by atoms with Gasteiger partial charge < -0.3 is 20.7 Å². The first-order valence-corrected chi connectivity index (χ1v) is 7.94. The predicted octanol–water partition coefficient (Wildman–Crippen LogP) is 1.39. The molecule has 2 unspecified atom stereocenters. The van der Waals surface area contributed by atoms with Crippen molar-refractivity contribution >= 4 is 17.5 Å². The van der Waals surface area contributed by atoms with E-state index in [0.717, 1.165) is 5.56 Å². The van der Waals surface area contributed by atoms with Crippen LogP contribution < -0.4 is 11.1 Å².